The molecule has 1 amide bonds. The highest BCUT2D eigenvalue weighted by Crippen LogP contribution is 2.40. The van der Waals surface area contributed by atoms with Crippen molar-refractivity contribution < 1.29 is 19.1 Å². The summed E-state index contributed by atoms with van der Waals surface area (Å²) in [6, 6.07) is 7.82. The van der Waals surface area contributed by atoms with E-state index in [1.807, 2.05) is 31.2 Å². The van der Waals surface area contributed by atoms with Gasteiger partial charge in [0.2, 0.25) is 5.91 Å². The quantitative estimate of drug-likeness (QED) is 0.345. The summed E-state index contributed by atoms with van der Waals surface area (Å²) in [5.74, 6) is 0.946. The highest BCUT2D eigenvalue weighted by Gasteiger charge is 2.29. The highest BCUT2D eigenvalue weighted by atomic mass is 32.2. The van der Waals surface area contributed by atoms with Gasteiger partial charge in [-0.25, -0.2) is 9.78 Å². The summed E-state index contributed by atoms with van der Waals surface area (Å²) in [6.07, 6.45) is 2.81. The molecule has 4 rings (SSSR count). The SMILES string of the molecule is CCOC(=O)c1c(NC(=O)CSc2cc(C)c3cccc(OC)c3n2)sc2c1CCC(C)C2. The smallest absolute Gasteiger partial charge is 0.341 e. The fraction of sp³-hybridized carbons (Fsp3) is 0.400. The van der Waals surface area contributed by atoms with E-state index in [0.29, 0.717) is 28.8 Å². The topological polar surface area (TPSA) is 77.5 Å². The van der Waals surface area contributed by atoms with Crippen molar-refractivity contribution in [3.63, 3.8) is 0 Å². The van der Waals surface area contributed by atoms with E-state index in [-0.39, 0.29) is 17.6 Å². The number of carbonyl (C=O) groups excluding carboxylic acids is 2. The third kappa shape index (κ3) is 5.01. The predicted molar refractivity (Wildman–Crippen MR) is 134 cm³/mol. The Morgan fingerprint density at radius 1 is 1.33 bits per heavy atom. The van der Waals surface area contributed by atoms with Gasteiger partial charge in [-0.3, -0.25) is 4.79 Å². The van der Waals surface area contributed by atoms with Crippen LogP contribution in [-0.2, 0) is 22.4 Å². The van der Waals surface area contributed by atoms with Crippen molar-refractivity contribution in [2.75, 3.05) is 24.8 Å². The normalized spacial score (nSPS) is 15.2. The second-order valence-electron chi connectivity index (χ2n) is 8.25. The van der Waals surface area contributed by atoms with Crippen LogP contribution in [0.15, 0.2) is 29.3 Å². The van der Waals surface area contributed by atoms with Gasteiger partial charge < -0.3 is 14.8 Å². The zero-order valence-electron chi connectivity index (χ0n) is 19.3. The molecule has 1 aliphatic rings. The molecule has 1 unspecified atom stereocenters. The molecular weight excluding hydrogens is 456 g/mol. The van der Waals surface area contributed by atoms with Gasteiger partial charge in [0, 0.05) is 10.3 Å². The van der Waals surface area contributed by atoms with Crippen molar-refractivity contribution in [2.45, 2.75) is 45.1 Å². The van der Waals surface area contributed by atoms with Crippen LogP contribution in [0, 0.1) is 12.8 Å². The van der Waals surface area contributed by atoms with Gasteiger partial charge in [0.1, 0.15) is 16.3 Å². The van der Waals surface area contributed by atoms with Gasteiger partial charge in [-0.05, 0) is 62.3 Å². The number of ether oxygens (including phenoxy) is 2. The molecule has 8 heteroatoms. The number of para-hydroxylation sites is 1. The number of aromatic nitrogens is 1. The lowest BCUT2D eigenvalue weighted by Gasteiger charge is -2.18. The Bertz CT molecular complexity index is 1200. The van der Waals surface area contributed by atoms with E-state index in [9.17, 15) is 9.59 Å². The molecule has 1 aromatic carbocycles. The van der Waals surface area contributed by atoms with Crippen LogP contribution >= 0.6 is 23.1 Å². The molecule has 1 N–H and O–H groups in total. The van der Waals surface area contributed by atoms with Crippen LogP contribution in [0.2, 0.25) is 0 Å². The second kappa shape index (κ2) is 10.1. The Balaban J connectivity index is 1.52. The lowest BCUT2D eigenvalue weighted by atomic mass is 9.88. The number of thioether (sulfide) groups is 1. The molecule has 1 aliphatic carbocycles. The van der Waals surface area contributed by atoms with Crippen molar-refractivity contribution in [3.05, 3.63) is 45.8 Å². The third-order valence-corrected chi connectivity index (χ3v) is 7.88. The van der Waals surface area contributed by atoms with Gasteiger partial charge in [0.05, 0.1) is 30.1 Å². The lowest BCUT2D eigenvalue weighted by Crippen LogP contribution is -2.17. The van der Waals surface area contributed by atoms with Crippen molar-refractivity contribution in [3.8, 4) is 5.75 Å². The van der Waals surface area contributed by atoms with Crippen LogP contribution < -0.4 is 10.1 Å². The van der Waals surface area contributed by atoms with Crippen molar-refractivity contribution in [1.29, 1.82) is 0 Å². The van der Waals surface area contributed by atoms with Gasteiger partial charge in [0.15, 0.2) is 0 Å². The van der Waals surface area contributed by atoms with Crippen LogP contribution in [0.4, 0.5) is 5.00 Å². The van der Waals surface area contributed by atoms with Gasteiger partial charge in [-0.1, -0.05) is 30.8 Å². The maximum Gasteiger partial charge on any atom is 0.341 e. The largest absolute Gasteiger partial charge is 0.494 e. The number of esters is 1. The Morgan fingerprint density at radius 2 is 2.15 bits per heavy atom. The molecule has 6 nitrogen and oxygen atoms in total. The molecule has 0 saturated carbocycles. The fourth-order valence-electron chi connectivity index (χ4n) is 4.16. The molecule has 174 valence electrons. The molecular formula is C25H28N2O4S2. The average molecular weight is 485 g/mol. The Morgan fingerprint density at radius 3 is 2.91 bits per heavy atom. The Kier molecular flexibility index (Phi) is 7.24. The Hall–Kier alpha value is -2.58. The van der Waals surface area contributed by atoms with Gasteiger partial charge in [0.25, 0.3) is 0 Å². The molecule has 1 atom stereocenters. The maximum atomic E-state index is 12.8. The van der Waals surface area contributed by atoms with Gasteiger partial charge >= 0.3 is 5.97 Å². The monoisotopic (exact) mass is 484 g/mol. The second-order valence-corrected chi connectivity index (χ2v) is 10.3. The van der Waals surface area contributed by atoms with E-state index in [1.54, 1.807) is 14.0 Å². The van der Waals surface area contributed by atoms with Gasteiger partial charge in [-0.15, -0.1) is 11.3 Å². The molecule has 2 aromatic heterocycles. The summed E-state index contributed by atoms with van der Waals surface area (Å²) in [6.45, 7) is 6.34. The summed E-state index contributed by atoms with van der Waals surface area (Å²) in [5.41, 5.74) is 3.43. The average Bonchev–Trinajstić information content (AvgIpc) is 3.14. The fourth-order valence-corrected chi connectivity index (χ4v) is 6.34. The first-order valence-electron chi connectivity index (χ1n) is 11.1. The standard InChI is InChI=1S/C25H28N2O4S2/c1-5-31-25(29)22-17-10-9-14(2)11-19(17)33-24(22)26-20(28)13-32-21-12-15(3)16-7-6-8-18(30-4)23(16)27-21/h6-8,12,14H,5,9-11,13H2,1-4H3,(H,26,28). The minimum absolute atomic E-state index is 0.170. The van der Waals surface area contributed by atoms with Crippen LogP contribution in [-0.4, -0.2) is 36.3 Å². The first kappa shape index (κ1) is 23.6. The summed E-state index contributed by atoms with van der Waals surface area (Å²) in [5, 5.41) is 5.35. The van der Waals surface area contributed by atoms with Crippen LogP contribution in [0.25, 0.3) is 10.9 Å². The number of thiophene rings is 1. The zero-order chi connectivity index (χ0) is 23.5. The van der Waals surface area contributed by atoms with Crippen LogP contribution in [0.1, 0.15) is 46.6 Å². The molecule has 0 radical (unpaired) electrons. The van der Waals surface area contributed by atoms with Crippen molar-refractivity contribution >= 4 is 50.9 Å². The minimum atomic E-state index is -0.355. The number of anilines is 1. The number of nitrogens with zero attached hydrogens (tertiary/aromatic N) is 1. The number of carbonyl (C=O) groups is 2. The van der Waals surface area contributed by atoms with E-state index in [4.69, 9.17) is 14.5 Å². The summed E-state index contributed by atoms with van der Waals surface area (Å²) in [4.78, 5) is 31.4. The zero-order valence-corrected chi connectivity index (χ0v) is 21.0. The first-order chi connectivity index (χ1) is 15.9. The highest BCUT2D eigenvalue weighted by molar-refractivity contribution is 7.99. The number of hydrogen-bond acceptors (Lipinski definition) is 7. The minimum Gasteiger partial charge on any atom is -0.494 e. The molecule has 33 heavy (non-hydrogen) atoms. The number of amides is 1. The number of hydrogen-bond donors (Lipinski definition) is 1. The summed E-state index contributed by atoms with van der Waals surface area (Å²) < 4.78 is 10.7. The van der Waals surface area contributed by atoms with Crippen LogP contribution in [0.5, 0.6) is 5.75 Å². The number of rotatable bonds is 7. The van der Waals surface area contributed by atoms with E-state index in [0.717, 1.165) is 46.3 Å². The number of nitrogens with one attached hydrogen (secondary N) is 1. The molecule has 0 aliphatic heterocycles. The number of fused-ring (bicyclic) bond motifs is 2. The lowest BCUT2D eigenvalue weighted by molar-refractivity contribution is -0.113. The molecule has 2 heterocycles. The summed E-state index contributed by atoms with van der Waals surface area (Å²) >= 11 is 2.87. The molecule has 0 spiro atoms. The third-order valence-electron chi connectivity index (χ3n) is 5.80. The van der Waals surface area contributed by atoms with E-state index < -0.39 is 0 Å². The van der Waals surface area contributed by atoms with Crippen molar-refractivity contribution in [1.82, 2.24) is 4.98 Å². The molecule has 0 bridgehead atoms. The van der Waals surface area contributed by atoms with E-state index in [2.05, 4.69) is 12.2 Å². The number of aryl methyl sites for hydroxylation is 1. The number of benzene rings is 1. The van der Waals surface area contributed by atoms with Gasteiger partial charge in [-0.2, -0.15) is 0 Å². The van der Waals surface area contributed by atoms with E-state index >= 15 is 0 Å². The number of methoxy groups -OCH3 is 1. The first-order valence-corrected chi connectivity index (χ1v) is 12.9. The maximum absolute atomic E-state index is 12.8. The number of pyridine rings is 1. The van der Waals surface area contributed by atoms with Crippen molar-refractivity contribution in [2.24, 2.45) is 5.92 Å². The molecule has 0 saturated heterocycles. The molecule has 3 aromatic rings. The molecule has 0 fully saturated rings. The van der Waals surface area contributed by atoms with E-state index in [1.165, 1.54) is 28.0 Å². The van der Waals surface area contributed by atoms with Crippen LogP contribution in [0.3, 0.4) is 0 Å². The Labute approximate surface area is 202 Å². The summed E-state index contributed by atoms with van der Waals surface area (Å²) in [7, 11) is 1.63. The predicted octanol–water partition coefficient (Wildman–Crippen LogP) is 5.65.